The van der Waals surface area contributed by atoms with Gasteiger partial charge in [-0.15, -0.1) is 0 Å². The summed E-state index contributed by atoms with van der Waals surface area (Å²) in [5, 5.41) is 7.62. The standard InChI is InChI=1S/C14H21BrN4O2/c1-18(9-11-6-16-4-5-21-11)12-7-17-19(8-10-2-3-10)14(20)13(12)15/h7,10-11,16H,2-6,8-9H2,1H3. The highest BCUT2D eigenvalue weighted by atomic mass is 79.9. The normalized spacial score (nSPS) is 22.3. The van der Waals surface area contributed by atoms with Crippen molar-refractivity contribution in [2.45, 2.75) is 25.5 Å². The summed E-state index contributed by atoms with van der Waals surface area (Å²) in [6.07, 6.45) is 4.33. The van der Waals surface area contributed by atoms with Crippen molar-refractivity contribution in [3.63, 3.8) is 0 Å². The molecule has 6 nitrogen and oxygen atoms in total. The fraction of sp³-hybridized carbons (Fsp3) is 0.714. The zero-order chi connectivity index (χ0) is 14.8. The van der Waals surface area contributed by atoms with Crippen LogP contribution >= 0.6 is 15.9 Å². The van der Waals surface area contributed by atoms with Crippen molar-refractivity contribution in [2.75, 3.05) is 38.2 Å². The Hall–Kier alpha value is -0.920. The van der Waals surface area contributed by atoms with Crippen molar-refractivity contribution in [3.05, 3.63) is 21.0 Å². The SMILES string of the molecule is CN(CC1CNCCO1)c1cnn(CC2CC2)c(=O)c1Br. The highest BCUT2D eigenvalue weighted by Crippen LogP contribution is 2.30. The highest BCUT2D eigenvalue weighted by molar-refractivity contribution is 9.10. The highest BCUT2D eigenvalue weighted by Gasteiger charge is 2.24. The molecule has 0 aromatic carbocycles. The van der Waals surface area contributed by atoms with Gasteiger partial charge in [0.15, 0.2) is 0 Å². The van der Waals surface area contributed by atoms with Gasteiger partial charge in [0.25, 0.3) is 5.56 Å². The molecule has 7 heteroatoms. The van der Waals surface area contributed by atoms with Crippen molar-refractivity contribution in [3.8, 4) is 0 Å². The molecule has 2 fully saturated rings. The van der Waals surface area contributed by atoms with Gasteiger partial charge in [0, 0.05) is 33.2 Å². The lowest BCUT2D eigenvalue weighted by Crippen LogP contribution is -2.44. The van der Waals surface area contributed by atoms with E-state index < -0.39 is 0 Å². The van der Waals surface area contributed by atoms with Crippen molar-refractivity contribution in [1.29, 1.82) is 0 Å². The number of ether oxygens (including phenoxy) is 1. The summed E-state index contributed by atoms with van der Waals surface area (Å²) in [6, 6.07) is 0. The second kappa shape index (κ2) is 6.46. The van der Waals surface area contributed by atoms with Crippen LogP contribution in [-0.2, 0) is 11.3 Å². The third-order valence-corrected chi connectivity index (χ3v) is 4.73. The van der Waals surface area contributed by atoms with Gasteiger partial charge in [-0.25, -0.2) is 4.68 Å². The van der Waals surface area contributed by atoms with Gasteiger partial charge < -0.3 is 15.0 Å². The van der Waals surface area contributed by atoms with E-state index in [1.807, 2.05) is 11.9 Å². The molecule has 1 N–H and O–H groups in total. The van der Waals surface area contributed by atoms with Crippen molar-refractivity contribution >= 4 is 21.6 Å². The Balaban J connectivity index is 1.71. The van der Waals surface area contributed by atoms with E-state index in [0.717, 1.165) is 38.5 Å². The second-order valence-corrected chi connectivity index (χ2v) is 6.64. The van der Waals surface area contributed by atoms with Crippen LogP contribution in [0.25, 0.3) is 0 Å². The van der Waals surface area contributed by atoms with E-state index >= 15 is 0 Å². The minimum atomic E-state index is -0.0473. The molecule has 1 aromatic heterocycles. The quantitative estimate of drug-likeness (QED) is 0.847. The summed E-state index contributed by atoms with van der Waals surface area (Å²) < 4.78 is 7.86. The van der Waals surface area contributed by atoms with Crippen LogP contribution in [0.2, 0.25) is 0 Å². The predicted molar refractivity (Wildman–Crippen MR) is 84.8 cm³/mol. The molecule has 0 spiro atoms. The first-order chi connectivity index (χ1) is 10.1. The van der Waals surface area contributed by atoms with E-state index in [9.17, 15) is 4.79 Å². The third-order valence-electron chi connectivity index (χ3n) is 3.99. The molecule has 1 saturated carbocycles. The zero-order valence-electron chi connectivity index (χ0n) is 12.2. The van der Waals surface area contributed by atoms with Crippen LogP contribution < -0.4 is 15.8 Å². The minimum absolute atomic E-state index is 0.0473. The molecule has 21 heavy (non-hydrogen) atoms. The summed E-state index contributed by atoms with van der Waals surface area (Å²) in [5.41, 5.74) is 0.773. The Morgan fingerprint density at radius 3 is 3.05 bits per heavy atom. The zero-order valence-corrected chi connectivity index (χ0v) is 13.8. The monoisotopic (exact) mass is 356 g/mol. The maximum atomic E-state index is 12.3. The molecule has 1 aromatic rings. The van der Waals surface area contributed by atoms with Gasteiger partial charge in [0.05, 0.1) is 24.6 Å². The Labute approximate surface area is 132 Å². The number of anilines is 1. The first-order valence-electron chi connectivity index (χ1n) is 7.44. The first-order valence-corrected chi connectivity index (χ1v) is 8.23. The van der Waals surface area contributed by atoms with E-state index in [2.05, 4.69) is 26.3 Å². The Bertz CT molecular complexity index is 552. The number of nitrogens with one attached hydrogen (secondary N) is 1. The van der Waals surface area contributed by atoms with Gasteiger partial charge >= 0.3 is 0 Å². The summed E-state index contributed by atoms with van der Waals surface area (Å²) in [4.78, 5) is 14.4. The molecule has 2 heterocycles. The van der Waals surface area contributed by atoms with E-state index in [0.29, 0.717) is 10.4 Å². The molecule has 1 aliphatic heterocycles. The number of aromatic nitrogens is 2. The number of morpholine rings is 1. The van der Waals surface area contributed by atoms with Crippen LogP contribution in [-0.4, -0.2) is 49.2 Å². The molecular formula is C14H21BrN4O2. The molecule has 116 valence electrons. The number of hydrogen-bond donors (Lipinski definition) is 1. The van der Waals surface area contributed by atoms with Crippen molar-refractivity contribution in [1.82, 2.24) is 15.1 Å². The number of halogens is 1. The average molecular weight is 357 g/mol. The number of rotatable bonds is 5. The molecule has 2 aliphatic rings. The molecule has 1 saturated heterocycles. The van der Waals surface area contributed by atoms with Gasteiger partial charge in [0.1, 0.15) is 4.47 Å². The fourth-order valence-electron chi connectivity index (χ4n) is 2.54. The number of nitrogens with zero attached hydrogens (tertiary/aromatic N) is 3. The van der Waals surface area contributed by atoms with Crippen LogP contribution in [0.4, 0.5) is 5.69 Å². The molecule has 3 rings (SSSR count). The van der Waals surface area contributed by atoms with Crippen LogP contribution in [0, 0.1) is 5.92 Å². The lowest BCUT2D eigenvalue weighted by molar-refractivity contribution is 0.0340. The first kappa shape index (κ1) is 15.0. The van der Waals surface area contributed by atoms with Crippen molar-refractivity contribution in [2.24, 2.45) is 5.92 Å². The van der Waals surface area contributed by atoms with E-state index in [1.165, 1.54) is 12.8 Å². The molecule has 1 atom stereocenters. The van der Waals surface area contributed by atoms with E-state index in [4.69, 9.17) is 4.74 Å². The molecule has 1 aliphatic carbocycles. The molecule has 0 amide bonds. The smallest absolute Gasteiger partial charge is 0.283 e. The van der Waals surface area contributed by atoms with E-state index in [1.54, 1.807) is 10.9 Å². The van der Waals surface area contributed by atoms with Crippen LogP contribution in [0.5, 0.6) is 0 Å². The maximum Gasteiger partial charge on any atom is 0.283 e. The third kappa shape index (κ3) is 3.64. The summed E-state index contributed by atoms with van der Waals surface area (Å²) >= 11 is 3.44. The predicted octanol–water partition coefficient (Wildman–Crippen LogP) is 0.840. The minimum Gasteiger partial charge on any atom is -0.374 e. The van der Waals surface area contributed by atoms with Gasteiger partial charge in [-0.2, -0.15) is 5.10 Å². The van der Waals surface area contributed by atoms with Gasteiger partial charge in [-0.1, -0.05) is 0 Å². The van der Waals surface area contributed by atoms with Gasteiger partial charge in [0.2, 0.25) is 0 Å². The Morgan fingerprint density at radius 1 is 1.57 bits per heavy atom. The Kier molecular flexibility index (Phi) is 4.61. The lowest BCUT2D eigenvalue weighted by Gasteiger charge is -2.29. The molecule has 0 bridgehead atoms. The second-order valence-electron chi connectivity index (χ2n) is 5.85. The fourth-order valence-corrected chi connectivity index (χ4v) is 3.15. The largest absolute Gasteiger partial charge is 0.374 e. The number of hydrogen-bond acceptors (Lipinski definition) is 5. The van der Waals surface area contributed by atoms with Gasteiger partial charge in [-0.3, -0.25) is 4.79 Å². The summed E-state index contributed by atoms with van der Waals surface area (Å²) in [5.74, 6) is 0.632. The summed E-state index contributed by atoms with van der Waals surface area (Å²) in [6.45, 7) is 3.95. The summed E-state index contributed by atoms with van der Waals surface area (Å²) in [7, 11) is 1.96. The molecular weight excluding hydrogens is 336 g/mol. The molecule has 0 radical (unpaired) electrons. The molecule has 1 unspecified atom stereocenters. The maximum absolute atomic E-state index is 12.3. The number of likely N-dealkylation sites (N-methyl/N-ethyl adjacent to an activating group) is 1. The Morgan fingerprint density at radius 2 is 2.38 bits per heavy atom. The van der Waals surface area contributed by atoms with E-state index in [-0.39, 0.29) is 11.7 Å². The van der Waals surface area contributed by atoms with Crippen molar-refractivity contribution < 1.29 is 4.74 Å². The average Bonchev–Trinajstić information content (AvgIpc) is 3.29. The lowest BCUT2D eigenvalue weighted by atomic mass is 10.2. The topological polar surface area (TPSA) is 59.4 Å². The van der Waals surface area contributed by atoms with Crippen LogP contribution in [0.3, 0.4) is 0 Å². The van der Waals surface area contributed by atoms with Crippen LogP contribution in [0.15, 0.2) is 15.5 Å². The van der Waals surface area contributed by atoms with Gasteiger partial charge in [-0.05, 0) is 34.7 Å². The van der Waals surface area contributed by atoms with Crippen LogP contribution in [0.1, 0.15) is 12.8 Å².